The normalized spacial score (nSPS) is 11.0. The Morgan fingerprint density at radius 3 is 1.96 bits per heavy atom. The summed E-state index contributed by atoms with van der Waals surface area (Å²) in [5.41, 5.74) is 3.60. The first-order valence-corrected chi connectivity index (χ1v) is 7.14. The highest BCUT2D eigenvalue weighted by molar-refractivity contribution is 7.80. The summed E-state index contributed by atoms with van der Waals surface area (Å²) in [6, 6.07) is 11.3. The SMILES string of the molecule is Cc1cc(C)cc(NC(=S)Nc2ccc(OC(F)(F)F)cc2)c1. The van der Waals surface area contributed by atoms with Gasteiger partial charge in [-0.2, -0.15) is 0 Å². The number of ether oxygens (including phenoxy) is 1. The second kappa shape index (κ2) is 6.87. The third kappa shape index (κ3) is 5.78. The van der Waals surface area contributed by atoms with E-state index < -0.39 is 6.36 Å². The quantitative estimate of drug-likeness (QED) is 0.770. The Bertz CT molecular complexity index is 679. The monoisotopic (exact) mass is 340 g/mol. The number of hydrogen-bond donors (Lipinski definition) is 2. The second-order valence-electron chi connectivity index (χ2n) is 5.03. The number of thiocarbonyl (C=S) groups is 1. The van der Waals surface area contributed by atoms with Crippen LogP contribution in [0.5, 0.6) is 5.75 Å². The van der Waals surface area contributed by atoms with E-state index in [1.807, 2.05) is 32.0 Å². The van der Waals surface area contributed by atoms with E-state index in [2.05, 4.69) is 15.4 Å². The molecule has 2 aromatic rings. The summed E-state index contributed by atoms with van der Waals surface area (Å²) >= 11 is 5.19. The van der Waals surface area contributed by atoms with E-state index in [0.29, 0.717) is 10.8 Å². The van der Waals surface area contributed by atoms with E-state index in [9.17, 15) is 13.2 Å². The van der Waals surface area contributed by atoms with Crippen LogP contribution in [0, 0.1) is 13.8 Å². The van der Waals surface area contributed by atoms with Gasteiger partial charge in [-0.15, -0.1) is 13.2 Å². The lowest BCUT2D eigenvalue weighted by atomic mass is 10.1. The number of alkyl halides is 3. The van der Waals surface area contributed by atoms with Crippen LogP contribution in [0.15, 0.2) is 42.5 Å². The first kappa shape index (κ1) is 17.1. The summed E-state index contributed by atoms with van der Waals surface area (Å²) in [5, 5.41) is 6.28. The van der Waals surface area contributed by atoms with Gasteiger partial charge in [-0.3, -0.25) is 0 Å². The van der Waals surface area contributed by atoms with Crippen molar-refractivity contribution in [3.8, 4) is 5.75 Å². The molecule has 0 amide bonds. The molecule has 23 heavy (non-hydrogen) atoms. The van der Waals surface area contributed by atoms with Gasteiger partial charge in [0.05, 0.1) is 0 Å². The average molecular weight is 340 g/mol. The van der Waals surface area contributed by atoms with Gasteiger partial charge in [0.1, 0.15) is 5.75 Å². The summed E-state index contributed by atoms with van der Waals surface area (Å²) in [6.45, 7) is 3.96. The van der Waals surface area contributed by atoms with Crippen LogP contribution in [0.25, 0.3) is 0 Å². The van der Waals surface area contributed by atoms with Crippen LogP contribution in [0.3, 0.4) is 0 Å². The lowest BCUT2D eigenvalue weighted by Crippen LogP contribution is -2.19. The van der Waals surface area contributed by atoms with E-state index in [0.717, 1.165) is 16.8 Å². The summed E-state index contributed by atoms with van der Waals surface area (Å²) < 4.78 is 40.1. The number of halogens is 3. The molecule has 7 heteroatoms. The van der Waals surface area contributed by atoms with Crippen molar-refractivity contribution >= 4 is 28.7 Å². The maximum atomic E-state index is 12.1. The molecule has 0 aliphatic heterocycles. The van der Waals surface area contributed by atoms with Gasteiger partial charge >= 0.3 is 6.36 Å². The van der Waals surface area contributed by atoms with E-state index in [1.165, 1.54) is 24.3 Å². The van der Waals surface area contributed by atoms with Gasteiger partial charge < -0.3 is 15.4 Å². The van der Waals surface area contributed by atoms with Gasteiger partial charge in [-0.05, 0) is 73.6 Å². The molecule has 0 aromatic heterocycles. The molecule has 0 fully saturated rings. The van der Waals surface area contributed by atoms with E-state index in [-0.39, 0.29) is 5.75 Å². The molecule has 0 aliphatic carbocycles. The lowest BCUT2D eigenvalue weighted by molar-refractivity contribution is -0.274. The zero-order valence-electron chi connectivity index (χ0n) is 12.5. The van der Waals surface area contributed by atoms with Crippen LogP contribution >= 0.6 is 12.2 Å². The van der Waals surface area contributed by atoms with Gasteiger partial charge in [0, 0.05) is 11.4 Å². The molecule has 2 aromatic carbocycles. The topological polar surface area (TPSA) is 33.3 Å². The molecule has 0 heterocycles. The highest BCUT2D eigenvalue weighted by atomic mass is 32.1. The molecule has 0 atom stereocenters. The van der Waals surface area contributed by atoms with Crippen molar-refractivity contribution in [3.05, 3.63) is 53.6 Å². The molecule has 0 bridgehead atoms. The Kier molecular flexibility index (Phi) is 5.10. The average Bonchev–Trinajstić information content (AvgIpc) is 2.38. The van der Waals surface area contributed by atoms with Crippen molar-refractivity contribution in [3.63, 3.8) is 0 Å². The zero-order chi connectivity index (χ0) is 17.0. The highest BCUT2D eigenvalue weighted by Gasteiger charge is 2.30. The van der Waals surface area contributed by atoms with Crippen molar-refractivity contribution < 1.29 is 17.9 Å². The van der Waals surface area contributed by atoms with Crippen LogP contribution in [0.4, 0.5) is 24.5 Å². The van der Waals surface area contributed by atoms with E-state index in [1.54, 1.807) is 0 Å². The molecular formula is C16H15F3N2OS. The summed E-state index contributed by atoms with van der Waals surface area (Å²) in [6.07, 6.45) is -4.70. The van der Waals surface area contributed by atoms with Crippen LogP contribution < -0.4 is 15.4 Å². The van der Waals surface area contributed by atoms with Gasteiger partial charge in [-0.1, -0.05) is 6.07 Å². The van der Waals surface area contributed by atoms with Crippen LogP contribution in [-0.4, -0.2) is 11.5 Å². The van der Waals surface area contributed by atoms with Crippen molar-refractivity contribution in [2.24, 2.45) is 0 Å². The third-order valence-electron chi connectivity index (χ3n) is 2.83. The highest BCUT2D eigenvalue weighted by Crippen LogP contribution is 2.24. The fourth-order valence-electron chi connectivity index (χ4n) is 2.08. The fourth-order valence-corrected chi connectivity index (χ4v) is 2.32. The maximum Gasteiger partial charge on any atom is 0.573 e. The van der Waals surface area contributed by atoms with E-state index in [4.69, 9.17) is 12.2 Å². The Morgan fingerprint density at radius 1 is 0.913 bits per heavy atom. The molecule has 122 valence electrons. The van der Waals surface area contributed by atoms with E-state index >= 15 is 0 Å². The maximum absolute atomic E-state index is 12.1. The van der Waals surface area contributed by atoms with Crippen LogP contribution in [0.2, 0.25) is 0 Å². The fraction of sp³-hybridized carbons (Fsp3) is 0.188. The largest absolute Gasteiger partial charge is 0.573 e. The standard InChI is InChI=1S/C16H15F3N2OS/c1-10-7-11(2)9-13(8-10)21-15(23)20-12-3-5-14(6-4-12)22-16(17,18)19/h3-9H,1-2H3,(H2,20,21,23). The smallest absolute Gasteiger partial charge is 0.406 e. The molecule has 0 radical (unpaired) electrons. The Morgan fingerprint density at radius 2 is 1.43 bits per heavy atom. The molecule has 0 unspecified atom stereocenters. The molecule has 2 rings (SSSR count). The predicted molar refractivity (Wildman–Crippen MR) is 88.9 cm³/mol. The Labute approximate surface area is 137 Å². The third-order valence-corrected chi connectivity index (χ3v) is 3.03. The zero-order valence-corrected chi connectivity index (χ0v) is 13.3. The van der Waals surface area contributed by atoms with Crippen LogP contribution in [-0.2, 0) is 0 Å². The molecule has 0 spiro atoms. The van der Waals surface area contributed by atoms with Crippen molar-refractivity contribution in [1.29, 1.82) is 0 Å². The molecule has 2 N–H and O–H groups in total. The Balaban J connectivity index is 1.97. The molecule has 0 saturated heterocycles. The first-order valence-electron chi connectivity index (χ1n) is 6.73. The molecular weight excluding hydrogens is 325 g/mol. The number of hydrogen-bond acceptors (Lipinski definition) is 2. The minimum Gasteiger partial charge on any atom is -0.406 e. The number of rotatable bonds is 3. The summed E-state index contributed by atoms with van der Waals surface area (Å²) in [7, 11) is 0. The summed E-state index contributed by atoms with van der Waals surface area (Å²) in [5.74, 6) is -0.281. The van der Waals surface area contributed by atoms with Crippen molar-refractivity contribution in [2.75, 3.05) is 10.6 Å². The predicted octanol–water partition coefficient (Wildman–Crippen LogP) is 5.01. The van der Waals surface area contributed by atoms with Gasteiger partial charge in [0.15, 0.2) is 5.11 Å². The van der Waals surface area contributed by atoms with Crippen LogP contribution in [0.1, 0.15) is 11.1 Å². The van der Waals surface area contributed by atoms with Gasteiger partial charge in [-0.25, -0.2) is 0 Å². The Hall–Kier alpha value is -2.28. The number of anilines is 2. The summed E-state index contributed by atoms with van der Waals surface area (Å²) in [4.78, 5) is 0. The molecule has 3 nitrogen and oxygen atoms in total. The van der Waals surface area contributed by atoms with Crippen molar-refractivity contribution in [2.45, 2.75) is 20.2 Å². The minimum atomic E-state index is -4.70. The number of benzene rings is 2. The van der Waals surface area contributed by atoms with Crippen molar-refractivity contribution in [1.82, 2.24) is 0 Å². The molecule has 0 saturated carbocycles. The first-order chi connectivity index (χ1) is 10.7. The number of aryl methyl sites for hydroxylation is 2. The molecule has 0 aliphatic rings. The lowest BCUT2D eigenvalue weighted by Gasteiger charge is -2.13. The van der Waals surface area contributed by atoms with Gasteiger partial charge in [0.25, 0.3) is 0 Å². The second-order valence-corrected chi connectivity index (χ2v) is 5.44. The van der Waals surface area contributed by atoms with Gasteiger partial charge in [0.2, 0.25) is 0 Å². The number of nitrogens with one attached hydrogen (secondary N) is 2. The minimum absolute atomic E-state index is 0.281.